The Morgan fingerprint density at radius 1 is 1.25 bits per heavy atom. The highest BCUT2D eigenvalue weighted by molar-refractivity contribution is 6.00. The standard InChI is InChI=1S/C20H26FN3O4/c1-20(2,3)28-19(27)24-8-6-12(7-9-24)17-15(21)10-13(11-22-17)14-4-5-16(25)23-18(14)26/h10-12,14H,4-9H2,1-3H3,(H,23,25,26). The molecule has 1 atom stereocenters. The molecular weight excluding hydrogens is 365 g/mol. The summed E-state index contributed by atoms with van der Waals surface area (Å²) in [6.07, 6.45) is 2.97. The van der Waals surface area contributed by atoms with Crippen LogP contribution in [0.3, 0.4) is 0 Å². The first-order chi connectivity index (χ1) is 13.1. The van der Waals surface area contributed by atoms with E-state index in [0.29, 0.717) is 43.6 Å². The average Bonchev–Trinajstić information content (AvgIpc) is 2.60. The minimum absolute atomic E-state index is 0.0884. The molecule has 0 aromatic carbocycles. The van der Waals surface area contributed by atoms with Crippen molar-refractivity contribution in [3.05, 3.63) is 29.3 Å². The number of amides is 3. The molecule has 28 heavy (non-hydrogen) atoms. The highest BCUT2D eigenvalue weighted by Crippen LogP contribution is 2.31. The van der Waals surface area contributed by atoms with Crippen molar-refractivity contribution in [2.75, 3.05) is 13.1 Å². The molecule has 2 saturated heterocycles. The van der Waals surface area contributed by atoms with E-state index in [1.807, 2.05) is 20.8 Å². The number of nitrogens with zero attached hydrogens (tertiary/aromatic N) is 2. The maximum atomic E-state index is 14.7. The molecule has 0 bridgehead atoms. The van der Waals surface area contributed by atoms with Gasteiger partial charge in [0.25, 0.3) is 0 Å². The Bertz CT molecular complexity index is 782. The summed E-state index contributed by atoms with van der Waals surface area (Å²) in [4.78, 5) is 41.3. The van der Waals surface area contributed by atoms with E-state index in [1.165, 1.54) is 12.3 Å². The average molecular weight is 391 g/mol. The van der Waals surface area contributed by atoms with E-state index in [2.05, 4.69) is 10.3 Å². The molecule has 2 aliphatic rings. The van der Waals surface area contributed by atoms with Crippen LogP contribution < -0.4 is 5.32 Å². The minimum Gasteiger partial charge on any atom is -0.444 e. The smallest absolute Gasteiger partial charge is 0.410 e. The molecule has 7 nitrogen and oxygen atoms in total. The van der Waals surface area contributed by atoms with E-state index in [9.17, 15) is 18.8 Å². The number of rotatable bonds is 2. The molecule has 0 radical (unpaired) electrons. The molecule has 1 aromatic rings. The maximum Gasteiger partial charge on any atom is 0.410 e. The minimum atomic E-state index is -0.553. The van der Waals surface area contributed by atoms with Crippen molar-refractivity contribution >= 4 is 17.9 Å². The molecule has 3 rings (SSSR count). The Hall–Kier alpha value is -2.51. The summed E-state index contributed by atoms with van der Waals surface area (Å²) in [5.74, 6) is -1.80. The van der Waals surface area contributed by atoms with Gasteiger partial charge in [0.05, 0.1) is 11.6 Å². The van der Waals surface area contributed by atoms with E-state index in [0.717, 1.165) is 0 Å². The molecule has 8 heteroatoms. The van der Waals surface area contributed by atoms with Crippen LogP contribution in [-0.4, -0.2) is 46.5 Å². The zero-order chi connectivity index (χ0) is 20.5. The number of halogens is 1. The molecule has 152 valence electrons. The van der Waals surface area contributed by atoms with E-state index >= 15 is 0 Å². The number of aromatic nitrogens is 1. The first kappa shape index (κ1) is 20.2. The van der Waals surface area contributed by atoms with Crippen LogP contribution in [0.5, 0.6) is 0 Å². The predicted molar refractivity (Wildman–Crippen MR) is 99.1 cm³/mol. The zero-order valence-electron chi connectivity index (χ0n) is 16.5. The fourth-order valence-corrected chi connectivity index (χ4v) is 3.63. The number of carbonyl (C=O) groups is 3. The summed E-state index contributed by atoms with van der Waals surface area (Å²) in [6, 6.07) is 1.35. The van der Waals surface area contributed by atoms with E-state index in [1.54, 1.807) is 4.90 Å². The van der Waals surface area contributed by atoms with Crippen LogP contribution in [0.4, 0.5) is 9.18 Å². The summed E-state index contributed by atoms with van der Waals surface area (Å²) in [5, 5.41) is 2.28. The molecule has 3 amide bonds. The lowest BCUT2D eigenvalue weighted by Crippen LogP contribution is -2.41. The summed E-state index contributed by atoms with van der Waals surface area (Å²) in [5.41, 5.74) is 0.297. The van der Waals surface area contributed by atoms with E-state index in [4.69, 9.17) is 4.74 Å². The Labute approximate surface area is 163 Å². The van der Waals surface area contributed by atoms with Crippen LogP contribution in [0.25, 0.3) is 0 Å². The van der Waals surface area contributed by atoms with Crippen molar-refractivity contribution in [1.29, 1.82) is 0 Å². The van der Waals surface area contributed by atoms with Crippen molar-refractivity contribution in [3.8, 4) is 0 Å². The number of pyridine rings is 1. The molecule has 1 unspecified atom stereocenters. The highest BCUT2D eigenvalue weighted by Gasteiger charge is 2.31. The third-order valence-corrected chi connectivity index (χ3v) is 5.07. The Morgan fingerprint density at radius 2 is 1.93 bits per heavy atom. The second-order valence-corrected chi connectivity index (χ2v) is 8.38. The predicted octanol–water partition coefficient (Wildman–Crippen LogP) is 2.86. The van der Waals surface area contributed by atoms with Gasteiger partial charge in [-0.15, -0.1) is 0 Å². The molecule has 1 N–H and O–H groups in total. The zero-order valence-corrected chi connectivity index (χ0v) is 16.5. The van der Waals surface area contributed by atoms with Crippen LogP contribution >= 0.6 is 0 Å². The van der Waals surface area contributed by atoms with Gasteiger partial charge in [0.1, 0.15) is 11.4 Å². The lowest BCUT2D eigenvalue weighted by molar-refractivity contribution is -0.134. The van der Waals surface area contributed by atoms with Gasteiger partial charge in [0, 0.05) is 31.6 Å². The van der Waals surface area contributed by atoms with Crippen molar-refractivity contribution in [1.82, 2.24) is 15.2 Å². The van der Waals surface area contributed by atoms with Crippen molar-refractivity contribution < 1.29 is 23.5 Å². The monoisotopic (exact) mass is 391 g/mol. The molecule has 2 aliphatic heterocycles. The van der Waals surface area contributed by atoms with Crippen molar-refractivity contribution in [3.63, 3.8) is 0 Å². The van der Waals surface area contributed by atoms with Crippen LogP contribution in [0, 0.1) is 5.82 Å². The van der Waals surface area contributed by atoms with Crippen LogP contribution in [-0.2, 0) is 14.3 Å². The van der Waals surface area contributed by atoms with Gasteiger partial charge in [0.2, 0.25) is 11.8 Å². The lowest BCUT2D eigenvalue weighted by atomic mass is 9.89. The van der Waals surface area contributed by atoms with Gasteiger partial charge >= 0.3 is 6.09 Å². The topological polar surface area (TPSA) is 88.6 Å². The summed E-state index contributed by atoms with van der Waals surface area (Å²) < 4.78 is 20.1. The lowest BCUT2D eigenvalue weighted by Gasteiger charge is -2.33. The number of nitrogens with one attached hydrogen (secondary N) is 1. The number of likely N-dealkylation sites (tertiary alicyclic amines) is 1. The fraction of sp³-hybridized carbons (Fsp3) is 0.600. The normalized spacial score (nSPS) is 21.4. The van der Waals surface area contributed by atoms with Crippen molar-refractivity contribution in [2.24, 2.45) is 0 Å². The number of imide groups is 1. The number of ether oxygens (including phenoxy) is 1. The third kappa shape index (κ3) is 4.66. The third-order valence-electron chi connectivity index (χ3n) is 5.07. The summed E-state index contributed by atoms with van der Waals surface area (Å²) in [7, 11) is 0. The largest absolute Gasteiger partial charge is 0.444 e. The van der Waals surface area contributed by atoms with Crippen LogP contribution in [0.15, 0.2) is 12.3 Å². The molecule has 0 spiro atoms. The summed E-state index contributed by atoms with van der Waals surface area (Å²) >= 11 is 0. The Balaban J connectivity index is 1.63. The number of piperidine rings is 2. The first-order valence-electron chi connectivity index (χ1n) is 9.61. The number of carbonyl (C=O) groups excluding carboxylic acids is 3. The number of hydrogen-bond acceptors (Lipinski definition) is 5. The van der Waals surface area contributed by atoms with E-state index < -0.39 is 23.2 Å². The second kappa shape index (κ2) is 7.85. The van der Waals surface area contributed by atoms with Gasteiger partial charge < -0.3 is 9.64 Å². The second-order valence-electron chi connectivity index (χ2n) is 8.38. The Morgan fingerprint density at radius 3 is 2.50 bits per heavy atom. The van der Waals surface area contributed by atoms with Gasteiger partial charge in [0.15, 0.2) is 0 Å². The van der Waals surface area contributed by atoms with Crippen LogP contribution in [0.2, 0.25) is 0 Å². The molecule has 3 heterocycles. The molecule has 1 aromatic heterocycles. The van der Waals surface area contributed by atoms with Gasteiger partial charge in [-0.05, 0) is 51.7 Å². The van der Waals surface area contributed by atoms with Gasteiger partial charge in [-0.3, -0.25) is 19.9 Å². The van der Waals surface area contributed by atoms with Gasteiger partial charge in [-0.25, -0.2) is 9.18 Å². The maximum absolute atomic E-state index is 14.7. The molecule has 0 saturated carbocycles. The molecular formula is C20H26FN3O4. The molecule has 2 fully saturated rings. The van der Waals surface area contributed by atoms with Gasteiger partial charge in [-0.1, -0.05) is 0 Å². The fourth-order valence-electron chi connectivity index (χ4n) is 3.63. The van der Waals surface area contributed by atoms with Crippen LogP contribution in [0.1, 0.15) is 69.5 Å². The molecule has 0 aliphatic carbocycles. The van der Waals surface area contributed by atoms with Crippen molar-refractivity contribution in [2.45, 2.75) is 63.9 Å². The first-order valence-corrected chi connectivity index (χ1v) is 9.61. The Kier molecular flexibility index (Phi) is 5.67. The van der Waals surface area contributed by atoms with Gasteiger partial charge in [-0.2, -0.15) is 0 Å². The number of hydrogen-bond donors (Lipinski definition) is 1. The highest BCUT2D eigenvalue weighted by atomic mass is 19.1. The quantitative estimate of drug-likeness (QED) is 0.783. The van der Waals surface area contributed by atoms with E-state index in [-0.39, 0.29) is 24.3 Å². The SMILES string of the molecule is CC(C)(C)OC(=O)N1CCC(c2ncc(C3CCC(=O)NC3=O)cc2F)CC1. The summed E-state index contributed by atoms with van der Waals surface area (Å²) in [6.45, 7) is 6.42.